The number of benzene rings is 1. The zero-order valence-electron chi connectivity index (χ0n) is 8.98. The second kappa shape index (κ2) is 7.99. The lowest BCUT2D eigenvalue weighted by molar-refractivity contribution is 0.617. The number of nitrogens with two attached hydrogens (primary N) is 2. The lowest BCUT2D eigenvalue weighted by atomic mass is 10.0. The van der Waals surface area contributed by atoms with E-state index in [2.05, 4.69) is 30.5 Å². The first-order chi connectivity index (χ1) is 6.77. The van der Waals surface area contributed by atoms with Crippen LogP contribution < -0.4 is 11.5 Å². The summed E-state index contributed by atoms with van der Waals surface area (Å²) in [4.78, 5) is 1.28. The molecule has 0 aliphatic carbocycles. The average Bonchev–Trinajstić information content (AvgIpc) is 2.26. The van der Waals surface area contributed by atoms with Crippen molar-refractivity contribution in [1.82, 2.24) is 0 Å². The Bertz CT molecular complexity index is 264. The highest BCUT2D eigenvalue weighted by Gasteiger charge is 2.04. The molecule has 0 saturated carbocycles. The van der Waals surface area contributed by atoms with Crippen molar-refractivity contribution < 1.29 is 0 Å². The highest BCUT2D eigenvalue weighted by Crippen LogP contribution is 2.20. The van der Waals surface area contributed by atoms with Crippen molar-refractivity contribution in [3.05, 3.63) is 29.8 Å². The molecule has 1 aromatic carbocycles. The fraction of sp³-hybridized carbons (Fsp3) is 0.455. The topological polar surface area (TPSA) is 52.0 Å². The van der Waals surface area contributed by atoms with Crippen molar-refractivity contribution >= 4 is 24.2 Å². The van der Waals surface area contributed by atoms with E-state index >= 15 is 0 Å². The summed E-state index contributed by atoms with van der Waals surface area (Å²) >= 11 is 1.75. The van der Waals surface area contributed by atoms with Gasteiger partial charge in [-0.05, 0) is 43.3 Å². The lowest BCUT2D eigenvalue weighted by Gasteiger charge is -2.11. The Hall–Kier alpha value is -0.220. The molecule has 0 saturated heterocycles. The molecular formula is C11H19ClN2S. The van der Waals surface area contributed by atoms with Crippen LogP contribution in [0.4, 0.5) is 0 Å². The van der Waals surface area contributed by atoms with Crippen LogP contribution in [0.15, 0.2) is 29.2 Å². The molecule has 0 aliphatic heterocycles. The Balaban J connectivity index is 0.00000196. The minimum absolute atomic E-state index is 0. The van der Waals surface area contributed by atoms with E-state index in [4.69, 9.17) is 11.5 Å². The van der Waals surface area contributed by atoms with Crippen LogP contribution in [-0.4, -0.2) is 12.8 Å². The molecule has 2 nitrogen and oxygen atoms in total. The van der Waals surface area contributed by atoms with Crippen LogP contribution >= 0.6 is 24.2 Å². The van der Waals surface area contributed by atoms with Crippen LogP contribution in [0.25, 0.3) is 0 Å². The molecule has 0 amide bonds. The number of hydrogen-bond donors (Lipinski definition) is 2. The van der Waals surface area contributed by atoms with Gasteiger partial charge >= 0.3 is 0 Å². The molecule has 1 atom stereocenters. The van der Waals surface area contributed by atoms with Gasteiger partial charge in [0.25, 0.3) is 0 Å². The smallest absolute Gasteiger partial charge is 0.0295 e. The molecule has 0 bridgehead atoms. The molecule has 1 aromatic rings. The van der Waals surface area contributed by atoms with E-state index in [9.17, 15) is 0 Å². The van der Waals surface area contributed by atoms with Crippen molar-refractivity contribution in [2.24, 2.45) is 11.5 Å². The van der Waals surface area contributed by atoms with E-state index in [1.54, 1.807) is 11.8 Å². The molecule has 0 spiro atoms. The molecule has 0 unspecified atom stereocenters. The van der Waals surface area contributed by atoms with Gasteiger partial charge in [0.05, 0.1) is 0 Å². The van der Waals surface area contributed by atoms with Gasteiger partial charge in [0.15, 0.2) is 0 Å². The van der Waals surface area contributed by atoms with Gasteiger partial charge in [0, 0.05) is 10.9 Å². The van der Waals surface area contributed by atoms with E-state index in [-0.39, 0.29) is 18.4 Å². The number of halogens is 1. The van der Waals surface area contributed by atoms with Gasteiger partial charge in [-0.1, -0.05) is 12.1 Å². The Labute approximate surface area is 102 Å². The third-order valence-electron chi connectivity index (χ3n) is 2.26. The van der Waals surface area contributed by atoms with Crippen LogP contribution in [0, 0.1) is 0 Å². The summed E-state index contributed by atoms with van der Waals surface area (Å²) in [6.07, 6.45) is 4.03. The summed E-state index contributed by atoms with van der Waals surface area (Å²) in [5.74, 6) is 0. The molecule has 0 fully saturated rings. The van der Waals surface area contributed by atoms with Gasteiger partial charge in [0.2, 0.25) is 0 Å². The Morgan fingerprint density at radius 2 is 1.87 bits per heavy atom. The molecule has 15 heavy (non-hydrogen) atoms. The molecule has 0 aromatic heterocycles. The number of hydrogen-bond acceptors (Lipinski definition) is 3. The first-order valence-electron chi connectivity index (χ1n) is 4.87. The molecule has 1 rings (SSSR count). The fourth-order valence-electron chi connectivity index (χ4n) is 1.36. The lowest BCUT2D eigenvalue weighted by Crippen LogP contribution is -2.12. The highest BCUT2D eigenvalue weighted by molar-refractivity contribution is 7.98. The van der Waals surface area contributed by atoms with E-state index in [1.807, 2.05) is 0 Å². The summed E-state index contributed by atoms with van der Waals surface area (Å²) in [5, 5.41) is 0. The van der Waals surface area contributed by atoms with Gasteiger partial charge in [-0.3, -0.25) is 0 Å². The van der Waals surface area contributed by atoms with Gasteiger partial charge in [-0.25, -0.2) is 0 Å². The Morgan fingerprint density at radius 3 is 2.33 bits per heavy atom. The van der Waals surface area contributed by atoms with Crippen LogP contribution in [0.2, 0.25) is 0 Å². The monoisotopic (exact) mass is 246 g/mol. The van der Waals surface area contributed by atoms with Crippen LogP contribution in [0.5, 0.6) is 0 Å². The minimum atomic E-state index is 0. The molecule has 4 N–H and O–H groups in total. The predicted octanol–water partition coefficient (Wildman–Crippen LogP) is 2.57. The third kappa shape index (κ3) is 4.89. The number of thioether (sulfide) groups is 1. The molecule has 0 aliphatic rings. The number of rotatable bonds is 5. The average molecular weight is 247 g/mol. The summed E-state index contributed by atoms with van der Waals surface area (Å²) in [7, 11) is 0. The van der Waals surface area contributed by atoms with Crippen LogP contribution in [-0.2, 0) is 0 Å². The van der Waals surface area contributed by atoms with Crippen molar-refractivity contribution in [1.29, 1.82) is 0 Å². The molecule has 4 heteroatoms. The molecule has 0 radical (unpaired) electrons. The predicted molar refractivity (Wildman–Crippen MR) is 70.7 cm³/mol. The zero-order valence-corrected chi connectivity index (χ0v) is 10.6. The van der Waals surface area contributed by atoms with Gasteiger partial charge in [-0.2, -0.15) is 0 Å². The summed E-state index contributed by atoms with van der Waals surface area (Å²) in [5.41, 5.74) is 12.7. The van der Waals surface area contributed by atoms with Gasteiger partial charge in [0.1, 0.15) is 0 Å². The van der Waals surface area contributed by atoms with Gasteiger partial charge < -0.3 is 11.5 Å². The van der Waals surface area contributed by atoms with Crippen molar-refractivity contribution in [3.63, 3.8) is 0 Å². The Kier molecular flexibility index (Phi) is 7.88. The maximum atomic E-state index is 6.01. The largest absolute Gasteiger partial charge is 0.330 e. The maximum Gasteiger partial charge on any atom is 0.0295 e. The first kappa shape index (κ1) is 14.8. The van der Waals surface area contributed by atoms with E-state index in [1.165, 1.54) is 10.5 Å². The Morgan fingerprint density at radius 1 is 1.27 bits per heavy atom. The van der Waals surface area contributed by atoms with Crippen molar-refractivity contribution in [3.8, 4) is 0 Å². The second-order valence-corrected chi connectivity index (χ2v) is 4.19. The standard InChI is InChI=1S/C11H18N2S.ClH/c1-14-10-6-4-9(5-7-10)11(13)3-2-8-12;/h4-7,11H,2-3,8,12-13H2,1H3;1H/t11-;/m0./s1. The van der Waals surface area contributed by atoms with E-state index in [0.29, 0.717) is 0 Å². The summed E-state index contributed by atoms with van der Waals surface area (Å²) in [6.45, 7) is 0.719. The van der Waals surface area contributed by atoms with E-state index < -0.39 is 0 Å². The molecule has 0 heterocycles. The molecule has 86 valence electrons. The normalized spacial score (nSPS) is 11.9. The summed E-state index contributed by atoms with van der Waals surface area (Å²) in [6, 6.07) is 8.57. The van der Waals surface area contributed by atoms with E-state index in [0.717, 1.165) is 19.4 Å². The fourth-order valence-corrected chi connectivity index (χ4v) is 1.76. The second-order valence-electron chi connectivity index (χ2n) is 3.31. The SMILES string of the molecule is CSc1ccc([C@@H](N)CCCN)cc1.Cl. The van der Waals surface area contributed by atoms with Gasteiger partial charge in [-0.15, -0.1) is 24.2 Å². The highest BCUT2D eigenvalue weighted by atomic mass is 35.5. The van der Waals surface area contributed by atoms with Crippen LogP contribution in [0.1, 0.15) is 24.4 Å². The first-order valence-corrected chi connectivity index (χ1v) is 6.10. The summed E-state index contributed by atoms with van der Waals surface area (Å²) < 4.78 is 0. The minimum Gasteiger partial charge on any atom is -0.330 e. The third-order valence-corrected chi connectivity index (χ3v) is 3.01. The van der Waals surface area contributed by atoms with Crippen molar-refractivity contribution in [2.45, 2.75) is 23.8 Å². The van der Waals surface area contributed by atoms with Crippen LogP contribution in [0.3, 0.4) is 0 Å². The molecular weight excluding hydrogens is 228 g/mol. The zero-order chi connectivity index (χ0) is 10.4. The van der Waals surface area contributed by atoms with Crippen molar-refractivity contribution in [2.75, 3.05) is 12.8 Å². The quantitative estimate of drug-likeness (QED) is 0.786. The maximum absolute atomic E-state index is 6.01.